The second-order valence-corrected chi connectivity index (χ2v) is 6.06. The van der Waals surface area contributed by atoms with Crippen LogP contribution in [0.5, 0.6) is 0 Å². The fourth-order valence-electron chi connectivity index (χ4n) is 1.83. The monoisotopic (exact) mass is 298 g/mol. The summed E-state index contributed by atoms with van der Waals surface area (Å²) < 4.78 is 10.3. The maximum atomic E-state index is 11.9. The molecular formula is C17H30O4. The summed E-state index contributed by atoms with van der Waals surface area (Å²) in [6.07, 6.45) is 7.10. The summed E-state index contributed by atoms with van der Waals surface area (Å²) in [6.45, 7) is 9.64. The number of carbonyl (C=O) groups excluding carboxylic acids is 2. The Hall–Kier alpha value is -1.32. The zero-order valence-electron chi connectivity index (χ0n) is 14.2. The van der Waals surface area contributed by atoms with E-state index >= 15 is 0 Å². The van der Waals surface area contributed by atoms with Crippen LogP contribution in [0, 0.1) is 0 Å². The fraction of sp³-hybridized carbons (Fsp3) is 0.765. The Morgan fingerprint density at radius 2 is 1.71 bits per heavy atom. The van der Waals surface area contributed by atoms with Crippen molar-refractivity contribution in [2.45, 2.75) is 78.7 Å². The molecule has 21 heavy (non-hydrogen) atoms. The predicted molar refractivity (Wildman–Crippen MR) is 83.9 cm³/mol. The fourth-order valence-corrected chi connectivity index (χ4v) is 1.83. The maximum absolute atomic E-state index is 11.9. The summed E-state index contributed by atoms with van der Waals surface area (Å²) in [7, 11) is 0. The summed E-state index contributed by atoms with van der Waals surface area (Å²) in [5, 5.41) is 0. The molecular weight excluding hydrogens is 268 g/mol. The van der Waals surface area contributed by atoms with Gasteiger partial charge in [-0.3, -0.25) is 4.79 Å². The van der Waals surface area contributed by atoms with Crippen molar-refractivity contribution in [3.05, 3.63) is 11.6 Å². The van der Waals surface area contributed by atoms with Crippen molar-refractivity contribution in [1.29, 1.82) is 0 Å². The third-order valence-electron chi connectivity index (χ3n) is 2.74. The number of esters is 2. The Morgan fingerprint density at radius 1 is 1.05 bits per heavy atom. The lowest BCUT2D eigenvalue weighted by Crippen LogP contribution is -2.25. The Morgan fingerprint density at radius 3 is 2.24 bits per heavy atom. The molecule has 0 aromatic heterocycles. The molecule has 4 heteroatoms. The molecule has 0 aliphatic rings. The number of carbonyl (C=O) groups is 2. The van der Waals surface area contributed by atoms with Crippen molar-refractivity contribution in [3.8, 4) is 0 Å². The number of hydrogen-bond acceptors (Lipinski definition) is 4. The molecule has 4 nitrogen and oxygen atoms in total. The van der Waals surface area contributed by atoms with Crippen molar-refractivity contribution in [2.24, 2.45) is 0 Å². The summed E-state index contributed by atoms with van der Waals surface area (Å²) in [4.78, 5) is 23.7. The van der Waals surface area contributed by atoms with Crippen LogP contribution >= 0.6 is 0 Å². The van der Waals surface area contributed by atoms with Crippen LogP contribution in [0.15, 0.2) is 11.6 Å². The summed E-state index contributed by atoms with van der Waals surface area (Å²) in [5.41, 5.74) is -0.138. The molecule has 0 N–H and O–H groups in total. The lowest BCUT2D eigenvalue weighted by atomic mass is 10.1. The molecule has 122 valence electrons. The molecule has 0 rings (SSSR count). The predicted octanol–water partition coefficient (Wildman–Crippen LogP) is 4.18. The standard InChI is InChI=1S/C17H30O4/c1-6-8-9-10-11-12-14(16(19)20-7-2)13-15(18)21-17(3,4)5/h12H,6-11,13H2,1-5H3/b14-12+. The van der Waals surface area contributed by atoms with Gasteiger partial charge in [-0.1, -0.05) is 32.3 Å². The van der Waals surface area contributed by atoms with Crippen molar-refractivity contribution in [1.82, 2.24) is 0 Å². The lowest BCUT2D eigenvalue weighted by molar-refractivity contribution is -0.155. The molecule has 0 unspecified atom stereocenters. The van der Waals surface area contributed by atoms with Gasteiger partial charge in [0.1, 0.15) is 5.60 Å². The van der Waals surface area contributed by atoms with E-state index in [1.165, 1.54) is 12.8 Å². The molecule has 0 saturated heterocycles. The highest BCUT2D eigenvalue weighted by atomic mass is 16.6. The largest absolute Gasteiger partial charge is 0.463 e. The van der Waals surface area contributed by atoms with Gasteiger partial charge in [0.05, 0.1) is 13.0 Å². The molecule has 0 spiro atoms. The average molecular weight is 298 g/mol. The third-order valence-corrected chi connectivity index (χ3v) is 2.74. The van der Waals surface area contributed by atoms with E-state index in [0.717, 1.165) is 19.3 Å². The smallest absolute Gasteiger partial charge is 0.334 e. The zero-order valence-corrected chi connectivity index (χ0v) is 14.2. The van der Waals surface area contributed by atoms with Crippen LogP contribution in [0.3, 0.4) is 0 Å². The second-order valence-electron chi connectivity index (χ2n) is 6.06. The minimum Gasteiger partial charge on any atom is -0.463 e. The van der Waals surface area contributed by atoms with Gasteiger partial charge in [0.2, 0.25) is 0 Å². The second kappa shape index (κ2) is 10.4. The summed E-state index contributed by atoms with van der Waals surface area (Å²) >= 11 is 0. The van der Waals surface area contributed by atoms with E-state index in [4.69, 9.17) is 9.47 Å². The van der Waals surface area contributed by atoms with Crippen molar-refractivity contribution in [3.63, 3.8) is 0 Å². The Balaban J connectivity index is 4.55. The maximum Gasteiger partial charge on any atom is 0.334 e. The van der Waals surface area contributed by atoms with E-state index in [-0.39, 0.29) is 6.42 Å². The van der Waals surface area contributed by atoms with Gasteiger partial charge in [0.25, 0.3) is 0 Å². The van der Waals surface area contributed by atoms with Crippen molar-refractivity contribution >= 4 is 11.9 Å². The van der Waals surface area contributed by atoms with Gasteiger partial charge < -0.3 is 9.47 Å². The Bertz CT molecular complexity index is 350. The first-order valence-corrected chi connectivity index (χ1v) is 7.88. The van der Waals surface area contributed by atoms with E-state index in [0.29, 0.717) is 12.2 Å². The first-order valence-electron chi connectivity index (χ1n) is 7.88. The molecule has 0 fully saturated rings. The first-order chi connectivity index (χ1) is 9.80. The van der Waals surface area contributed by atoms with E-state index in [2.05, 4.69) is 6.92 Å². The van der Waals surface area contributed by atoms with Gasteiger partial charge in [-0.15, -0.1) is 0 Å². The minimum atomic E-state index is -0.544. The van der Waals surface area contributed by atoms with E-state index in [9.17, 15) is 9.59 Å². The van der Waals surface area contributed by atoms with Crippen LogP contribution in [0.2, 0.25) is 0 Å². The van der Waals surface area contributed by atoms with Gasteiger partial charge >= 0.3 is 11.9 Å². The quantitative estimate of drug-likeness (QED) is 0.364. The lowest BCUT2D eigenvalue weighted by Gasteiger charge is -2.19. The molecule has 0 saturated carbocycles. The number of rotatable bonds is 9. The minimum absolute atomic E-state index is 0.0239. The van der Waals surface area contributed by atoms with Crippen molar-refractivity contribution in [2.75, 3.05) is 6.61 Å². The molecule has 0 bridgehead atoms. The molecule has 0 radical (unpaired) electrons. The highest BCUT2D eigenvalue weighted by molar-refractivity contribution is 5.93. The normalized spacial score (nSPS) is 12.1. The molecule has 0 aromatic rings. The highest BCUT2D eigenvalue weighted by Gasteiger charge is 2.20. The molecule has 0 atom stereocenters. The summed E-state index contributed by atoms with van der Waals surface area (Å²) in [6, 6.07) is 0. The van der Waals surface area contributed by atoms with Crippen LogP contribution in [-0.2, 0) is 19.1 Å². The van der Waals surface area contributed by atoms with E-state index in [1.807, 2.05) is 26.8 Å². The zero-order chi connectivity index (χ0) is 16.3. The van der Waals surface area contributed by atoms with Crippen molar-refractivity contribution < 1.29 is 19.1 Å². The number of ether oxygens (including phenoxy) is 2. The van der Waals surface area contributed by atoms with E-state index < -0.39 is 17.5 Å². The van der Waals surface area contributed by atoms with Crippen LogP contribution in [0.25, 0.3) is 0 Å². The van der Waals surface area contributed by atoms with Gasteiger partial charge in [0, 0.05) is 5.57 Å². The van der Waals surface area contributed by atoms with Crippen LogP contribution in [0.4, 0.5) is 0 Å². The molecule has 0 aromatic carbocycles. The first kappa shape index (κ1) is 19.7. The third kappa shape index (κ3) is 11.1. The number of allylic oxidation sites excluding steroid dienone is 1. The van der Waals surface area contributed by atoms with Gasteiger partial charge in [-0.05, 0) is 40.5 Å². The molecule has 0 amide bonds. The Kier molecular flexibility index (Phi) is 9.76. The summed E-state index contributed by atoms with van der Waals surface area (Å²) in [5.74, 6) is -0.811. The van der Waals surface area contributed by atoms with Gasteiger partial charge in [-0.25, -0.2) is 4.79 Å². The van der Waals surface area contributed by atoms with Crippen LogP contribution in [0.1, 0.15) is 73.1 Å². The average Bonchev–Trinajstić information content (AvgIpc) is 2.35. The number of hydrogen-bond donors (Lipinski definition) is 0. The van der Waals surface area contributed by atoms with Crippen LogP contribution < -0.4 is 0 Å². The SMILES string of the molecule is CCCCCC/C=C(\CC(=O)OC(C)(C)C)C(=O)OCC. The Labute approximate surface area is 128 Å². The highest BCUT2D eigenvalue weighted by Crippen LogP contribution is 2.14. The van der Waals surface area contributed by atoms with Gasteiger partial charge in [-0.2, -0.15) is 0 Å². The number of unbranched alkanes of at least 4 members (excludes halogenated alkanes) is 4. The van der Waals surface area contributed by atoms with Crippen LogP contribution in [-0.4, -0.2) is 24.1 Å². The molecule has 0 aliphatic heterocycles. The topological polar surface area (TPSA) is 52.6 Å². The molecule has 0 aliphatic carbocycles. The molecule has 0 heterocycles. The van der Waals surface area contributed by atoms with Gasteiger partial charge in [0.15, 0.2) is 0 Å². The van der Waals surface area contributed by atoms with E-state index in [1.54, 1.807) is 6.92 Å².